The number of imidazole rings is 1. The van der Waals surface area contributed by atoms with Gasteiger partial charge in [-0.2, -0.15) is 13.2 Å². The molecule has 1 spiro atoms. The number of hydrogen-bond donors (Lipinski definition) is 0. The molecule has 3 atom stereocenters. The fourth-order valence-corrected chi connectivity index (χ4v) is 5.52. The molecule has 1 aliphatic heterocycles. The van der Waals surface area contributed by atoms with Crippen LogP contribution in [0.15, 0.2) is 60.9 Å². The van der Waals surface area contributed by atoms with Gasteiger partial charge < -0.3 is 14.2 Å². The SMILES string of the molecule is COC(=O)C1CC[C@@]2(C=C(c3cc(-n4ccnc4C(F)(F)F)ccc3OC)CO2)[C@@H]1c1ccc(F)cc1. The van der Waals surface area contributed by atoms with Gasteiger partial charge in [0.1, 0.15) is 11.6 Å². The third-order valence-electron chi connectivity index (χ3n) is 7.12. The first kappa shape index (κ1) is 25.0. The minimum absolute atomic E-state index is 0.154. The standard InChI is InChI=1S/C27H24F4N2O4/c1-35-22-8-7-19(33-12-11-32-25(33)27(29,30)31)13-21(22)17-14-26(37-15-17)10-9-20(24(34)36-2)23(26)16-3-5-18(28)6-4-16/h3-8,11-14,20,23H,9-10,15H2,1-2H3/t20?,23-,26-/m1/s1. The molecule has 194 valence electrons. The summed E-state index contributed by atoms with van der Waals surface area (Å²) in [5.41, 5.74) is 1.40. The first-order chi connectivity index (χ1) is 17.7. The van der Waals surface area contributed by atoms with Crippen molar-refractivity contribution in [3.05, 3.63) is 83.7 Å². The maximum absolute atomic E-state index is 13.7. The van der Waals surface area contributed by atoms with E-state index in [9.17, 15) is 22.4 Å². The average molecular weight is 516 g/mol. The summed E-state index contributed by atoms with van der Waals surface area (Å²) in [7, 11) is 2.81. The number of methoxy groups -OCH3 is 2. The van der Waals surface area contributed by atoms with Crippen molar-refractivity contribution in [3.63, 3.8) is 0 Å². The molecule has 2 heterocycles. The second-order valence-electron chi connectivity index (χ2n) is 9.11. The number of carbonyl (C=O) groups is 1. The van der Waals surface area contributed by atoms with Crippen LogP contribution in [0, 0.1) is 11.7 Å². The number of ether oxygens (including phenoxy) is 3. The molecule has 0 N–H and O–H groups in total. The summed E-state index contributed by atoms with van der Waals surface area (Å²) < 4.78 is 72.0. The van der Waals surface area contributed by atoms with E-state index in [2.05, 4.69) is 4.98 Å². The van der Waals surface area contributed by atoms with Gasteiger partial charge in [0, 0.05) is 29.6 Å². The van der Waals surface area contributed by atoms with Gasteiger partial charge in [-0.3, -0.25) is 9.36 Å². The maximum atomic E-state index is 13.7. The Morgan fingerprint density at radius 2 is 1.92 bits per heavy atom. The molecule has 5 rings (SSSR count). The van der Waals surface area contributed by atoms with Crippen LogP contribution in [0.2, 0.25) is 0 Å². The smallest absolute Gasteiger partial charge is 0.450 e. The van der Waals surface area contributed by atoms with Crippen LogP contribution < -0.4 is 4.74 Å². The van der Waals surface area contributed by atoms with Crippen molar-refractivity contribution in [1.29, 1.82) is 0 Å². The lowest BCUT2D eigenvalue weighted by atomic mass is 9.79. The number of rotatable bonds is 5. The van der Waals surface area contributed by atoms with Gasteiger partial charge in [-0.15, -0.1) is 0 Å². The van der Waals surface area contributed by atoms with E-state index in [4.69, 9.17) is 14.2 Å². The fraction of sp³-hybridized carbons (Fsp3) is 0.333. The summed E-state index contributed by atoms with van der Waals surface area (Å²) in [6, 6.07) is 10.7. The Morgan fingerprint density at radius 1 is 1.16 bits per heavy atom. The molecule has 1 unspecified atom stereocenters. The average Bonchev–Trinajstić information content (AvgIpc) is 3.63. The van der Waals surface area contributed by atoms with E-state index < -0.39 is 35.3 Å². The molecule has 1 saturated carbocycles. The van der Waals surface area contributed by atoms with Gasteiger partial charge >= 0.3 is 12.1 Å². The largest absolute Gasteiger partial charge is 0.496 e. The van der Waals surface area contributed by atoms with Crippen LogP contribution in [0.1, 0.15) is 35.7 Å². The number of aromatic nitrogens is 2. The summed E-state index contributed by atoms with van der Waals surface area (Å²) in [5.74, 6) is -2.28. The van der Waals surface area contributed by atoms with E-state index in [0.717, 1.165) is 16.3 Å². The van der Waals surface area contributed by atoms with Gasteiger partial charge in [0.15, 0.2) is 0 Å². The third-order valence-corrected chi connectivity index (χ3v) is 7.12. The minimum atomic E-state index is -4.63. The summed E-state index contributed by atoms with van der Waals surface area (Å²) >= 11 is 0. The van der Waals surface area contributed by atoms with Crippen LogP contribution in [0.5, 0.6) is 5.75 Å². The Morgan fingerprint density at radius 3 is 2.59 bits per heavy atom. The van der Waals surface area contributed by atoms with Gasteiger partial charge in [-0.05, 0) is 60.4 Å². The van der Waals surface area contributed by atoms with Gasteiger partial charge in [0.2, 0.25) is 5.82 Å². The van der Waals surface area contributed by atoms with Crippen LogP contribution in [-0.4, -0.2) is 41.9 Å². The molecule has 0 amide bonds. The van der Waals surface area contributed by atoms with E-state index in [1.54, 1.807) is 24.3 Å². The highest BCUT2D eigenvalue weighted by atomic mass is 19.4. The molecule has 2 aliphatic rings. The lowest BCUT2D eigenvalue weighted by molar-refractivity contribution is -0.147. The van der Waals surface area contributed by atoms with Gasteiger partial charge in [0.05, 0.1) is 32.3 Å². The number of alkyl halides is 3. The van der Waals surface area contributed by atoms with E-state index in [1.165, 1.54) is 38.6 Å². The Hall–Kier alpha value is -3.66. The summed E-state index contributed by atoms with van der Waals surface area (Å²) in [5, 5.41) is 0. The quantitative estimate of drug-likeness (QED) is 0.328. The zero-order chi connectivity index (χ0) is 26.4. The van der Waals surface area contributed by atoms with Crippen LogP contribution >= 0.6 is 0 Å². The number of nitrogens with zero attached hydrogens (tertiary/aromatic N) is 2. The van der Waals surface area contributed by atoms with Crippen molar-refractivity contribution in [2.75, 3.05) is 20.8 Å². The lowest BCUT2D eigenvalue weighted by Crippen LogP contribution is -2.34. The molecule has 3 aromatic rings. The minimum Gasteiger partial charge on any atom is -0.496 e. The van der Waals surface area contributed by atoms with E-state index in [-0.39, 0.29) is 18.3 Å². The third kappa shape index (κ3) is 4.39. The highest BCUT2D eigenvalue weighted by Gasteiger charge is 2.54. The topological polar surface area (TPSA) is 62.6 Å². The molecule has 0 radical (unpaired) electrons. The van der Waals surface area contributed by atoms with Gasteiger partial charge in [-0.25, -0.2) is 9.37 Å². The van der Waals surface area contributed by atoms with Crippen molar-refractivity contribution in [2.45, 2.75) is 30.5 Å². The van der Waals surface area contributed by atoms with Crippen molar-refractivity contribution in [3.8, 4) is 11.4 Å². The number of hydrogen-bond acceptors (Lipinski definition) is 5. The van der Waals surface area contributed by atoms with E-state index in [0.29, 0.717) is 29.7 Å². The number of benzene rings is 2. The first-order valence-electron chi connectivity index (χ1n) is 11.6. The predicted molar refractivity (Wildman–Crippen MR) is 126 cm³/mol. The molecular weight excluding hydrogens is 492 g/mol. The molecule has 0 saturated heterocycles. The number of halogens is 4. The normalized spacial score (nSPS) is 23.4. The monoisotopic (exact) mass is 516 g/mol. The molecular formula is C27H24F4N2O4. The lowest BCUT2D eigenvalue weighted by Gasteiger charge is -2.31. The van der Waals surface area contributed by atoms with Crippen LogP contribution in [0.3, 0.4) is 0 Å². The maximum Gasteiger partial charge on any atom is 0.450 e. The van der Waals surface area contributed by atoms with Crippen LogP contribution in [0.4, 0.5) is 17.6 Å². The Balaban J connectivity index is 1.58. The summed E-state index contributed by atoms with van der Waals surface area (Å²) in [4.78, 5) is 16.1. The van der Waals surface area contributed by atoms with Gasteiger partial charge in [-0.1, -0.05) is 12.1 Å². The molecule has 2 aromatic carbocycles. The van der Waals surface area contributed by atoms with Crippen LogP contribution in [-0.2, 0) is 20.4 Å². The van der Waals surface area contributed by atoms with Gasteiger partial charge in [0.25, 0.3) is 0 Å². The van der Waals surface area contributed by atoms with Crippen molar-refractivity contribution < 1.29 is 36.6 Å². The van der Waals surface area contributed by atoms with E-state index in [1.807, 2.05) is 6.08 Å². The predicted octanol–water partition coefficient (Wildman–Crippen LogP) is 5.56. The second-order valence-corrected chi connectivity index (χ2v) is 9.11. The summed E-state index contributed by atoms with van der Waals surface area (Å²) in [6.07, 6.45) is 0.652. The zero-order valence-corrected chi connectivity index (χ0v) is 20.1. The molecule has 0 bridgehead atoms. The molecule has 1 aliphatic carbocycles. The Kier molecular flexibility index (Phi) is 6.31. The Labute approximate surface area is 210 Å². The highest BCUT2D eigenvalue weighted by Crippen LogP contribution is 2.54. The Bertz CT molecular complexity index is 1350. The van der Waals surface area contributed by atoms with E-state index >= 15 is 0 Å². The molecule has 6 nitrogen and oxygen atoms in total. The number of esters is 1. The molecule has 1 fully saturated rings. The van der Waals surface area contributed by atoms with Crippen molar-refractivity contribution in [1.82, 2.24) is 9.55 Å². The number of carbonyl (C=O) groups excluding carboxylic acids is 1. The summed E-state index contributed by atoms with van der Waals surface area (Å²) in [6.45, 7) is 0.154. The zero-order valence-electron chi connectivity index (χ0n) is 20.1. The van der Waals surface area contributed by atoms with Crippen molar-refractivity contribution in [2.24, 2.45) is 5.92 Å². The molecule has 37 heavy (non-hydrogen) atoms. The first-order valence-corrected chi connectivity index (χ1v) is 11.6. The van der Waals surface area contributed by atoms with Crippen molar-refractivity contribution >= 4 is 11.5 Å². The highest BCUT2D eigenvalue weighted by molar-refractivity contribution is 5.78. The van der Waals surface area contributed by atoms with Crippen LogP contribution in [0.25, 0.3) is 11.3 Å². The molecule has 10 heteroatoms. The second kappa shape index (κ2) is 9.33. The fourth-order valence-electron chi connectivity index (χ4n) is 5.52. The molecule has 1 aromatic heterocycles.